The van der Waals surface area contributed by atoms with Crippen LogP contribution in [0.5, 0.6) is 0 Å². The van der Waals surface area contributed by atoms with E-state index in [-0.39, 0.29) is 26.5 Å². The average molecular weight is 465 g/mol. The Morgan fingerprint density at radius 2 is 1.57 bits per heavy atom. The van der Waals surface area contributed by atoms with Gasteiger partial charge in [0, 0.05) is 38.9 Å². The van der Waals surface area contributed by atoms with Crippen LogP contribution in [0.3, 0.4) is 0 Å². The number of hydrogen-bond donors (Lipinski definition) is 0. The Labute approximate surface area is 143 Å². The predicted molar refractivity (Wildman–Crippen MR) is 86.2 cm³/mol. The topological polar surface area (TPSA) is 17.8 Å². The molecule has 0 fully saturated rings. The molecule has 0 saturated heterocycles. The Hall–Kier alpha value is -0.882. The molecule has 1 aromatic carbocycles. The molecule has 2 aromatic rings. The van der Waals surface area contributed by atoms with Crippen LogP contribution >= 0.6 is 0 Å². The van der Waals surface area contributed by atoms with E-state index in [9.17, 15) is 0 Å². The van der Waals surface area contributed by atoms with Crippen LogP contribution in [-0.4, -0.2) is 9.78 Å². The molecule has 1 aromatic heterocycles. The van der Waals surface area contributed by atoms with Crippen molar-refractivity contribution in [3.63, 3.8) is 0 Å². The van der Waals surface area contributed by atoms with Gasteiger partial charge in [-0.05, 0) is 55.4 Å². The van der Waals surface area contributed by atoms with Gasteiger partial charge in [0.1, 0.15) is 0 Å². The Bertz CT molecular complexity index is 595. The SMILES string of the molecule is Cc1cc(C(C)(C)C)cc(C)c1-c1cnn(C(C)C)c1.[Pt]. The fourth-order valence-corrected chi connectivity index (χ4v) is 2.60. The summed E-state index contributed by atoms with van der Waals surface area (Å²) < 4.78 is 2.02. The van der Waals surface area contributed by atoms with Crippen LogP contribution in [-0.2, 0) is 26.5 Å². The third kappa shape index (κ3) is 3.86. The van der Waals surface area contributed by atoms with Crippen LogP contribution < -0.4 is 0 Å². The van der Waals surface area contributed by atoms with Gasteiger partial charge in [-0.1, -0.05) is 32.9 Å². The molecule has 0 saturated carbocycles. The van der Waals surface area contributed by atoms with Gasteiger partial charge in [-0.15, -0.1) is 0 Å². The van der Waals surface area contributed by atoms with Crippen molar-refractivity contribution < 1.29 is 21.1 Å². The van der Waals surface area contributed by atoms with Crippen LogP contribution in [0.15, 0.2) is 24.5 Å². The maximum atomic E-state index is 4.46. The van der Waals surface area contributed by atoms with E-state index in [4.69, 9.17) is 0 Å². The minimum absolute atomic E-state index is 0. The van der Waals surface area contributed by atoms with E-state index < -0.39 is 0 Å². The molecule has 21 heavy (non-hydrogen) atoms. The normalized spacial score (nSPS) is 11.6. The van der Waals surface area contributed by atoms with E-state index >= 15 is 0 Å². The molecule has 0 spiro atoms. The molecular weight excluding hydrogens is 439 g/mol. The fraction of sp³-hybridized carbons (Fsp3) is 0.500. The van der Waals surface area contributed by atoms with Gasteiger partial charge in [-0.2, -0.15) is 5.10 Å². The van der Waals surface area contributed by atoms with Crippen molar-refractivity contribution in [3.05, 3.63) is 41.2 Å². The van der Waals surface area contributed by atoms with Gasteiger partial charge >= 0.3 is 0 Å². The summed E-state index contributed by atoms with van der Waals surface area (Å²) in [5, 5.41) is 4.46. The summed E-state index contributed by atoms with van der Waals surface area (Å²) in [6, 6.07) is 5.03. The van der Waals surface area contributed by atoms with E-state index in [1.807, 2.05) is 10.9 Å². The summed E-state index contributed by atoms with van der Waals surface area (Å²) in [7, 11) is 0. The molecule has 0 N–H and O–H groups in total. The summed E-state index contributed by atoms with van der Waals surface area (Å²) in [6.45, 7) is 15.5. The molecule has 0 aliphatic rings. The van der Waals surface area contributed by atoms with Gasteiger partial charge < -0.3 is 0 Å². The number of nitrogens with zero attached hydrogens (tertiary/aromatic N) is 2. The molecular formula is C18H26N2Pt. The van der Waals surface area contributed by atoms with Gasteiger partial charge in [0.15, 0.2) is 0 Å². The van der Waals surface area contributed by atoms with Crippen molar-refractivity contribution >= 4 is 0 Å². The first-order valence-corrected chi connectivity index (χ1v) is 7.36. The van der Waals surface area contributed by atoms with Crippen molar-refractivity contribution in [1.82, 2.24) is 9.78 Å². The quantitative estimate of drug-likeness (QED) is 0.608. The first-order chi connectivity index (χ1) is 9.20. The van der Waals surface area contributed by atoms with E-state index in [1.54, 1.807) is 0 Å². The first kappa shape index (κ1) is 18.2. The number of hydrogen-bond acceptors (Lipinski definition) is 1. The molecule has 0 atom stereocenters. The van der Waals surface area contributed by atoms with Crippen molar-refractivity contribution in [1.29, 1.82) is 0 Å². The molecule has 0 amide bonds. The van der Waals surface area contributed by atoms with Crippen LogP contribution in [0.1, 0.15) is 57.4 Å². The van der Waals surface area contributed by atoms with Gasteiger partial charge in [0.05, 0.1) is 6.20 Å². The maximum Gasteiger partial charge on any atom is 0.0568 e. The van der Waals surface area contributed by atoms with Crippen LogP contribution in [0.4, 0.5) is 0 Å². The first-order valence-electron chi connectivity index (χ1n) is 7.36. The van der Waals surface area contributed by atoms with Gasteiger partial charge in [0.2, 0.25) is 0 Å². The molecule has 3 heteroatoms. The van der Waals surface area contributed by atoms with Gasteiger partial charge in [0.25, 0.3) is 0 Å². The second-order valence-electron chi connectivity index (χ2n) is 7.04. The second kappa shape index (κ2) is 6.48. The third-order valence-corrected chi connectivity index (χ3v) is 3.82. The number of rotatable bonds is 2. The largest absolute Gasteiger partial charge is 0.270 e. The van der Waals surface area contributed by atoms with Crippen molar-refractivity contribution in [2.75, 3.05) is 0 Å². The Kier molecular flexibility index (Phi) is 5.61. The maximum absolute atomic E-state index is 4.46. The molecule has 0 aliphatic carbocycles. The Balaban J connectivity index is 0.00000220. The molecule has 2 nitrogen and oxygen atoms in total. The van der Waals surface area contributed by atoms with E-state index in [0.717, 1.165) is 0 Å². The molecule has 0 bridgehead atoms. The van der Waals surface area contributed by atoms with Crippen LogP contribution in [0, 0.1) is 13.8 Å². The molecule has 2 rings (SSSR count). The molecule has 0 aliphatic heterocycles. The monoisotopic (exact) mass is 465 g/mol. The van der Waals surface area contributed by atoms with E-state index in [2.05, 4.69) is 71.9 Å². The summed E-state index contributed by atoms with van der Waals surface area (Å²) >= 11 is 0. The second-order valence-corrected chi connectivity index (χ2v) is 7.04. The predicted octanol–water partition coefficient (Wildman–Crippen LogP) is 5.04. The Morgan fingerprint density at radius 3 is 1.95 bits per heavy atom. The van der Waals surface area contributed by atoms with Crippen LogP contribution in [0.25, 0.3) is 11.1 Å². The van der Waals surface area contributed by atoms with E-state index in [1.165, 1.54) is 27.8 Å². The Morgan fingerprint density at radius 1 is 1.05 bits per heavy atom. The van der Waals surface area contributed by atoms with E-state index in [0.29, 0.717) is 6.04 Å². The fourth-order valence-electron chi connectivity index (χ4n) is 2.60. The number of aromatic nitrogens is 2. The third-order valence-electron chi connectivity index (χ3n) is 3.82. The number of benzene rings is 1. The average Bonchev–Trinajstić information content (AvgIpc) is 2.76. The summed E-state index contributed by atoms with van der Waals surface area (Å²) in [6.07, 6.45) is 4.13. The molecule has 118 valence electrons. The minimum Gasteiger partial charge on any atom is -0.270 e. The zero-order valence-electron chi connectivity index (χ0n) is 14.1. The molecule has 0 unspecified atom stereocenters. The summed E-state index contributed by atoms with van der Waals surface area (Å²) in [4.78, 5) is 0. The zero-order chi connectivity index (χ0) is 15.1. The van der Waals surface area contributed by atoms with Gasteiger partial charge in [-0.25, -0.2) is 0 Å². The molecule has 0 radical (unpaired) electrons. The standard InChI is InChI=1S/C18H26N2.Pt/c1-12(2)20-11-15(10-19-20)17-13(3)8-16(9-14(17)4)18(5,6)7;/h8-12H,1-7H3;. The number of aryl methyl sites for hydroxylation is 2. The van der Waals surface area contributed by atoms with Crippen molar-refractivity contribution in [2.24, 2.45) is 0 Å². The van der Waals surface area contributed by atoms with Crippen molar-refractivity contribution in [3.8, 4) is 11.1 Å². The molecule has 1 heterocycles. The minimum atomic E-state index is 0. The van der Waals surface area contributed by atoms with Crippen LogP contribution in [0.2, 0.25) is 0 Å². The van der Waals surface area contributed by atoms with Crippen molar-refractivity contribution in [2.45, 2.75) is 59.9 Å². The summed E-state index contributed by atoms with van der Waals surface area (Å²) in [5.74, 6) is 0. The smallest absolute Gasteiger partial charge is 0.0568 e. The summed E-state index contributed by atoms with van der Waals surface area (Å²) in [5.41, 5.74) is 6.79. The van der Waals surface area contributed by atoms with Gasteiger partial charge in [-0.3, -0.25) is 4.68 Å². The zero-order valence-corrected chi connectivity index (χ0v) is 16.4.